The van der Waals surface area contributed by atoms with Crippen LogP contribution in [0.25, 0.3) is 0 Å². The van der Waals surface area contributed by atoms with Gasteiger partial charge in [0.1, 0.15) is 17.9 Å². The fraction of sp³-hybridized carbons (Fsp3) is 0.636. The summed E-state index contributed by atoms with van der Waals surface area (Å²) in [5, 5.41) is 2.99. The van der Waals surface area contributed by atoms with Crippen molar-refractivity contribution in [3.63, 3.8) is 0 Å². The Kier molecular flexibility index (Phi) is 5.67. The van der Waals surface area contributed by atoms with Crippen LogP contribution in [0.3, 0.4) is 0 Å². The van der Waals surface area contributed by atoms with Gasteiger partial charge in [-0.05, 0) is 25.3 Å². The van der Waals surface area contributed by atoms with E-state index in [2.05, 4.69) is 10.2 Å². The third kappa shape index (κ3) is 4.07. The first-order chi connectivity index (χ1) is 13.5. The first kappa shape index (κ1) is 19.4. The SMILES string of the molecule is Cc1ccc(F)c(CN2CCN3C(=O)[C@H](CC4CCCCC4)NC(=O)[C@H]3C2)c1. The van der Waals surface area contributed by atoms with E-state index in [9.17, 15) is 14.0 Å². The molecule has 0 unspecified atom stereocenters. The summed E-state index contributed by atoms with van der Waals surface area (Å²) in [6, 6.07) is 4.28. The first-order valence-corrected chi connectivity index (χ1v) is 10.6. The fourth-order valence-electron chi connectivity index (χ4n) is 4.98. The zero-order valence-electron chi connectivity index (χ0n) is 16.6. The molecule has 1 aromatic rings. The molecule has 6 heteroatoms. The van der Waals surface area contributed by atoms with E-state index in [0.717, 1.165) is 12.0 Å². The summed E-state index contributed by atoms with van der Waals surface area (Å²) in [6.07, 6.45) is 6.85. The number of fused-ring (bicyclic) bond motifs is 1. The molecule has 2 aliphatic heterocycles. The molecule has 0 bridgehead atoms. The summed E-state index contributed by atoms with van der Waals surface area (Å²) in [5.41, 5.74) is 1.66. The molecule has 2 saturated heterocycles. The summed E-state index contributed by atoms with van der Waals surface area (Å²) in [5.74, 6) is 0.335. The zero-order chi connectivity index (χ0) is 19.7. The topological polar surface area (TPSA) is 52.6 Å². The number of hydrogen-bond acceptors (Lipinski definition) is 3. The third-order valence-corrected chi connectivity index (χ3v) is 6.55. The van der Waals surface area contributed by atoms with Gasteiger partial charge in [-0.25, -0.2) is 4.39 Å². The van der Waals surface area contributed by atoms with Crippen LogP contribution in [0.4, 0.5) is 4.39 Å². The molecule has 2 heterocycles. The Morgan fingerprint density at radius 2 is 1.93 bits per heavy atom. The Balaban J connectivity index is 1.39. The molecule has 0 spiro atoms. The highest BCUT2D eigenvalue weighted by molar-refractivity contribution is 5.97. The average Bonchev–Trinajstić information content (AvgIpc) is 2.69. The van der Waals surface area contributed by atoms with E-state index in [1.54, 1.807) is 11.0 Å². The van der Waals surface area contributed by atoms with Crippen molar-refractivity contribution in [3.8, 4) is 0 Å². The van der Waals surface area contributed by atoms with Gasteiger partial charge in [0.25, 0.3) is 0 Å². The summed E-state index contributed by atoms with van der Waals surface area (Å²) in [4.78, 5) is 29.6. The Morgan fingerprint density at radius 1 is 1.14 bits per heavy atom. The minimum atomic E-state index is -0.461. The molecule has 1 saturated carbocycles. The van der Waals surface area contributed by atoms with Gasteiger partial charge < -0.3 is 10.2 Å². The van der Waals surface area contributed by atoms with Gasteiger partial charge in [0.05, 0.1) is 0 Å². The van der Waals surface area contributed by atoms with Gasteiger partial charge in [0.2, 0.25) is 11.8 Å². The van der Waals surface area contributed by atoms with Gasteiger partial charge in [-0.1, -0.05) is 49.8 Å². The minimum Gasteiger partial charge on any atom is -0.342 e. The van der Waals surface area contributed by atoms with E-state index in [1.807, 2.05) is 13.0 Å². The molecule has 1 aliphatic carbocycles. The molecule has 0 radical (unpaired) electrons. The minimum absolute atomic E-state index is 0.0603. The van der Waals surface area contributed by atoms with Gasteiger partial charge in [-0.15, -0.1) is 0 Å². The molecule has 152 valence electrons. The third-order valence-electron chi connectivity index (χ3n) is 6.55. The van der Waals surface area contributed by atoms with Gasteiger partial charge >= 0.3 is 0 Å². The largest absolute Gasteiger partial charge is 0.342 e. The highest BCUT2D eigenvalue weighted by Crippen LogP contribution is 2.29. The maximum absolute atomic E-state index is 14.1. The summed E-state index contributed by atoms with van der Waals surface area (Å²) in [7, 11) is 0. The maximum atomic E-state index is 14.1. The molecule has 1 N–H and O–H groups in total. The number of amides is 2. The molecule has 5 nitrogen and oxygen atoms in total. The van der Waals surface area contributed by atoms with E-state index in [4.69, 9.17) is 0 Å². The summed E-state index contributed by atoms with van der Waals surface area (Å²) >= 11 is 0. The highest BCUT2D eigenvalue weighted by Gasteiger charge is 2.43. The van der Waals surface area contributed by atoms with Crippen molar-refractivity contribution in [1.29, 1.82) is 0 Å². The highest BCUT2D eigenvalue weighted by atomic mass is 19.1. The number of hydrogen-bond donors (Lipinski definition) is 1. The number of nitrogens with one attached hydrogen (secondary N) is 1. The van der Waals surface area contributed by atoms with Crippen molar-refractivity contribution in [2.45, 2.75) is 64.1 Å². The lowest BCUT2D eigenvalue weighted by Gasteiger charge is -2.46. The Bertz CT molecular complexity index is 747. The molecule has 1 aromatic carbocycles. The second-order valence-electron chi connectivity index (χ2n) is 8.68. The molecule has 2 amide bonds. The van der Waals surface area contributed by atoms with Crippen LogP contribution in [0.15, 0.2) is 18.2 Å². The molecule has 4 rings (SSSR count). The molecule has 28 heavy (non-hydrogen) atoms. The van der Waals surface area contributed by atoms with Crippen molar-refractivity contribution in [2.75, 3.05) is 19.6 Å². The van der Waals surface area contributed by atoms with E-state index >= 15 is 0 Å². The Labute approximate surface area is 166 Å². The Hall–Kier alpha value is -1.95. The fourth-order valence-corrected chi connectivity index (χ4v) is 4.98. The van der Waals surface area contributed by atoms with E-state index < -0.39 is 6.04 Å². The van der Waals surface area contributed by atoms with Gasteiger partial charge in [-0.3, -0.25) is 14.5 Å². The maximum Gasteiger partial charge on any atom is 0.245 e. The average molecular weight is 387 g/mol. The number of aryl methyl sites for hydroxylation is 1. The molecule has 2 atom stereocenters. The van der Waals surface area contributed by atoms with Crippen molar-refractivity contribution in [2.24, 2.45) is 5.92 Å². The summed E-state index contributed by atoms with van der Waals surface area (Å²) < 4.78 is 14.1. The zero-order valence-corrected chi connectivity index (χ0v) is 16.6. The number of carbonyl (C=O) groups is 2. The first-order valence-electron chi connectivity index (χ1n) is 10.6. The van der Waals surface area contributed by atoms with Crippen LogP contribution in [-0.2, 0) is 16.1 Å². The van der Waals surface area contributed by atoms with Gasteiger partial charge in [0.15, 0.2) is 0 Å². The standard InChI is InChI=1S/C22H30FN3O2/c1-15-7-8-18(23)17(11-15)13-25-9-10-26-20(14-25)21(27)24-19(22(26)28)12-16-5-3-2-4-6-16/h7-8,11,16,19-20H,2-6,9-10,12-14H2,1H3,(H,24,27)/t19-,20+/m0/s1. The second kappa shape index (κ2) is 8.19. The van der Waals surface area contributed by atoms with Gasteiger partial charge in [0, 0.05) is 31.7 Å². The number of piperazine rings is 2. The van der Waals surface area contributed by atoms with E-state index in [0.29, 0.717) is 37.7 Å². The molecule has 3 fully saturated rings. The van der Waals surface area contributed by atoms with Crippen molar-refractivity contribution in [1.82, 2.24) is 15.1 Å². The van der Waals surface area contributed by atoms with Crippen LogP contribution in [0.2, 0.25) is 0 Å². The van der Waals surface area contributed by atoms with Crippen LogP contribution in [0.5, 0.6) is 0 Å². The number of carbonyl (C=O) groups excluding carboxylic acids is 2. The number of nitrogens with zero attached hydrogens (tertiary/aromatic N) is 2. The normalized spacial score (nSPS) is 26.9. The summed E-state index contributed by atoms with van der Waals surface area (Å²) in [6.45, 7) is 4.07. The molecule has 3 aliphatic rings. The second-order valence-corrected chi connectivity index (χ2v) is 8.68. The quantitative estimate of drug-likeness (QED) is 0.864. The van der Waals surface area contributed by atoms with Crippen molar-refractivity contribution >= 4 is 11.8 Å². The lowest BCUT2D eigenvalue weighted by molar-refractivity contribution is -0.153. The van der Waals surface area contributed by atoms with Crippen molar-refractivity contribution in [3.05, 3.63) is 35.1 Å². The molecular weight excluding hydrogens is 357 g/mol. The van der Waals surface area contributed by atoms with E-state index in [-0.39, 0.29) is 23.7 Å². The smallest absolute Gasteiger partial charge is 0.245 e. The van der Waals surface area contributed by atoms with Crippen LogP contribution in [0, 0.1) is 18.7 Å². The van der Waals surface area contributed by atoms with Crippen LogP contribution < -0.4 is 5.32 Å². The molecule has 0 aromatic heterocycles. The van der Waals surface area contributed by atoms with Crippen LogP contribution >= 0.6 is 0 Å². The number of halogens is 1. The van der Waals surface area contributed by atoms with Crippen molar-refractivity contribution < 1.29 is 14.0 Å². The monoisotopic (exact) mass is 387 g/mol. The van der Waals surface area contributed by atoms with Crippen LogP contribution in [-0.4, -0.2) is 53.3 Å². The number of benzene rings is 1. The Morgan fingerprint density at radius 3 is 2.71 bits per heavy atom. The lowest BCUT2D eigenvalue weighted by atomic mass is 9.84. The molecular formula is C22H30FN3O2. The van der Waals surface area contributed by atoms with Crippen LogP contribution in [0.1, 0.15) is 49.7 Å². The number of rotatable bonds is 4. The van der Waals surface area contributed by atoms with E-state index in [1.165, 1.54) is 38.2 Å². The predicted molar refractivity (Wildman–Crippen MR) is 105 cm³/mol. The lowest BCUT2D eigenvalue weighted by Crippen LogP contribution is -2.69. The predicted octanol–water partition coefficient (Wildman–Crippen LogP) is 2.62. The van der Waals surface area contributed by atoms with Gasteiger partial charge in [-0.2, -0.15) is 0 Å².